The van der Waals surface area contributed by atoms with Crippen LogP contribution in [-0.4, -0.2) is 35.1 Å². The van der Waals surface area contributed by atoms with E-state index >= 15 is 0 Å². The number of hydrazone groups is 1. The summed E-state index contributed by atoms with van der Waals surface area (Å²) in [5, 5.41) is 4.08. The van der Waals surface area contributed by atoms with Crippen molar-refractivity contribution in [3.8, 4) is 0 Å². The van der Waals surface area contributed by atoms with Crippen molar-refractivity contribution >= 4 is 17.8 Å². The van der Waals surface area contributed by atoms with Crippen LogP contribution >= 0.6 is 0 Å². The van der Waals surface area contributed by atoms with Crippen LogP contribution in [0.2, 0.25) is 0 Å². The van der Waals surface area contributed by atoms with Gasteiger partial charge in [0.1, 0.15) is 0 Å². The maximum Gasteiger partial charge on any atom is 0.292 e. The number of carbonyl (C=O) groups excluding carboxylic acids is 1. The number of benzene rings is 1. The third-order valence-electron chi connectivity index (χ3n) is 4.39. The highest BCUT2D eigenvalue weighted by Gasteiger charge is 2.18. The van der Waals surface area contributed by atoms with Crippen LogP contribution in [0.15, 0.2) is 53.8 Å². The Bertz CT molecular complexity index is 724. The van der Waals surface area contributed by atoms with E-state index in [1.165, 1.54) is 11.8 Å². The van der Waals surface area contributed by atoms with Crippen LogP contribution in [0.4, 0.5) is 5.69 Å². The van der Waals surface area contributed by atoms with Gasteiger partial charge in [0.15, 0.2) is 5.69 Å². The van der Waals surface area contributed by atoms with E-state index < -0.39 is 0 Å². The molecule has 6 nitrogen and oxygen atoms in total. The molecule has 0 spiro atoms. The van der Waals surface area contributed by atoms with Gasteiger partial charge in [0.25, 0.3) is 5.91 Å². The molecule has 1 fully saturated rings. The number of nitrogens with one attached hydrogen (secondary N) is 1. The van der Waals surface area contributed by atoms with E-state index in [1.54, 1.807) is 12.1 Å². The number of rotatable bonds is 5. The molecule has 3 rings (SSSR count). The second-order valence-corrected chi connectivity index (χ2v) is 6.26. The number of carbonyl (C=O) groups is 1. The molecule has 2 aromatic rings. The van der Waals surface area contributed by atoms with E-state index in [1.807, 2.05) is 12.3 Å². The smallest absolute Gasteiger partial charge is 0.292 e. The number of nitrogens with zero attached hydrogens (tertiary/aromatic N) is 3. The highest BCUT2D eigenvalue weighted by Crippen LogP contribution is 2.17. The molecule has 1 aliphatic heterocycles. The van der Waals surface area contributed by atoms with Crippen molar-refractivity contribution in [3.63, 3.8) is 0 Å². The van der Waals surface area contributed by atoms with E-state index in [-0.39, 0.29) is 11.6 Å². The van der Waals surface area contributed by atoms with Gasteiger partial charge in [0, 0.05) is 19.0 Å². The highest BCUT2D eigenvalue weighted by atomic mass is 16.2. The minimum atomic E-state index is -0.379. The molecule has 2 heterocycles. The summed E-state index contributed by atoms with van der Waals surface area (Å²) in [6.07, 6.45) is 5.45. The zero-order valence-corrected chi connectivity index (χ0v) is 14.1. The minimum absolute atomic E-state index is 0.206. The largest absolute Gasteiger partial charge is 0.397 e. The van der Waals surface area contributed by atoms with Gasteiger partial charge in [0.2, 0.25) is 0 Å². The van der Waals surface area contributed by atoms with Gasteiger partial charge in [-0.05, 0) is 49.5 Å². The molecule has 1 aliphatic rings. The van der Waals surface area contributed by atoms with Gasteiger partial charge in [-0.25, -0.2) is 10.4 Å². The van der Waals surface area contributed by atoms with E-state index in [0.717, 1.165) is 32.5 Å². The number of nitrogen functional groups attached to an aromatic ring is 1. The van der Waals surface area contributed by atoms with Crippen molar-refractivity contribution in [2.45, 2.75) is 19.4 Å². The number of nitrogens with two attached hydrogens (primary N) is 1. The van der Waals surface area contributed by atoms with Crippen molar-refractivity contribution in [2.24, 2.45) is 11.0 Å². The number of piperidine rings is 1. The van der Waals surface area contributed by atoms with Crippen LogP contribution in [0.3, 0.4) is 0 Å². The van der Waals surface area contributed by atoms with E-state index in [4.69, 9.17) is 5.73 Å². The summed E-state index contributed by atoms with van der Waals surface area (Å²) < 4.78 is 0. The second-order valence-electron chi connectivity index (χ2n) is 6.26. The Morgan fingerprint density at radius 3 is 2.72 bits per heavy atom. The van der Waals surface area contributed by atoms with Crippen LogP contribution < -0.4 is 11.2 Å². The fourth-order valence-electron chi connectivity index (χ4n) is 2.96. The Hall–Kier alpha value is -2.73. The quantitative estimate of drug-likeness (QED) is 0.648. The van der Waals surface area contributed by atoms with Gasteiger partial charge in [-0.2, -0.15) is 5.10 Å². The number of pyridine rings is 1. The van der Waals surface area contributed by atoms with Crippen LogP contribution in [0, 0.1) is 5.92 Å². The molecule has 1 aromatic carbocycles. The van der Waals surface area contributed by atoms with Crippen molar-refractivity contribution in [1.82, 2.24) is 15.3 Å². The van der Waals surface area contributed by atoms with Crippen molar-refractivity contribution in [1.29, 1.82) is 0 Å². The predicted molar refractivity (Wildman–Crippen MR) is 99.1 cm³/mol. The summed E-state index contributed by atoms with van der Waals surface area (Å²) in [6, 6.07) is 13.8. The Balaban J connectivity index is 1.43. The number of aromatic nitrogens is 1. The fraction of sp³-hybridized carbons (Fsp3) is 0.316. The maximum atomic E-state index is 12.0. The summed E-state index contributed by atoms with van der Waals surface area (Å²) in [6.45, 7) is 3.06. The first-order chi connectivity index (χ1) is 12.2. The standard InChI is InChI=1S/C19H23N5O/c20-17-7-4-10-21-18(17)19(25)23-22-13-15-8-11-24(12-9-15)14-16-5-2-1-3-6-16/h1-7,10,13,15H,8-9,11-12,14,20H2,(H,23,25)/b22-13+. The zero-order valence-electron chi connectivity index (χ0n) is 14.1. The van der Waals surface area contributed by atoms with Gasteiger partial charge < -0.3 is 5.73 Å². The van der Waals surface area contributed by atoms with Crippen LogP contribution in [0.1, 0.15) is 28.9 Å². The lowest BCUT2D eigenvalue weighted by molar-refractivity contribution is 0.0950. The molecule has 0 unspecified atom stereocenters. The van der Waals surface area contributed by atoms with Crippen molar-refractivity contribution in [2.75, 3.05) is 18.8 Å². The Labute approximate surface area is 147 Å². The molecular weight excluding hydrogens is 314 g/mol. The Kier molecular flexibility index (Phi) is 5.74. The van der Waals surface area contributed by atoms with Crippen molar-refractivity contribution in [3.05, 3.63) is 59.9 Å². The zero-order chi connectivity index (χ0) is 17.5. The topological polar surface area (TPSA) is 83.6 Å². The Morgan fingerprint density at radius 1 is 1.24 bits per heavy atom. The first-order valence-corrected chi connectivity index (χ1v) is 8.52. The van der Waals surface area contributed by atoms with E-state index in [2.05, 4.69) is 44.7 Å². The number of hydrogen-bond acceptors (Lipinski definition) is 5. The van der Waals surface area contributed by atoms with Crippen LogP contribution in [0.5, 0.6) is 0 Å². The second kappa shape index (κ2) is 8.39. The average molecular weight is 337 g/mol. The summed E-state index contributed by atoms with van der Waals surface area (Å²) >= 11 is 0. The highest BCUT2D eigenvalue weighted by molar-refractivity contribution is 5.97. The number of hydrogen-bond donors (Lipinski definition) is 2. The molecule has 3 N–H and O–H groups in total. The molecule has 6 heteroatoms. The Morgan fingerprint density at radius 2 is 2.00 bits per heavy atom. The molecule has 0 atom stereocenters. The number of amides is 1. The van der Waals surface area contributed by atoms with E-state index in [9.17, 15) is 4.79 Å². The molecule has 1 amide bonds. The molecule has 0 radical (unpaired) electrons. The third kappa shape index (κ3) is 4.87. The molecule has 0 aliphatic carbocycles. The molecule has 1 aromatic heterocycles. The van der Waals surface area contributed by atoms with Crippen LogP contribution in [0.25, 0.3) is 0 Å². The van der Waals surface area contributed by atoms with Gasteiger partial charge in [0.05, 0.1) is 5.69 Å². The number of likely N-dealkylation sites (tertiary alicyclic amines) is 1. The maximum absolute atomic E-state index is 12.0. The lowest BCUT2D eigenvalue weighted by atomic mass is 9.98. The SMILES string of the molecule is Nc1cccnc1C(=O)N/N=C/C1CCN(Cc2ccccc2)CC1. The molecule has 0 bridgehead atoms. The van der Waals surface area contributed by atoms with Gasteiger partial charge >= 0.3 is 0 Å². The first kappa shape index (κ1) is 17.1. The fourth-order valence-corrected chi connectivity index (χ4v) is 2.96. The molecule has 0 saturated carbocycles. The molecule has 25 heavy (non-hydrogen) atoms. The monoisotopic (exact) mass is 337 g/mol. The summed E-state index contributed by atoms with van der Waals surface area (Å²) in [5.41, 5.74) is 10.1. The lowest BCUT2D eigenvalue weighted by Crippen LogP contribution is -2.34. The minimum Gasteiger partial charge on any atom is -0.397 e. The van der Waals surface area contributed by atoms with Gasteiger partial charge in [-0.3, -0.25) is 9.69 Å². The molecule has 130 valence electrons. The van der Waals surface area contributed by atoms with Gasteiger partial charge in [-0.1, -0.05) is 30.3 Å². The number of anilines is 1. The first-order valence-electron chi connectivity index (χ1n) is 8.52. The van der Waals surface area contributed by atoms with Crippen molar-refractivity contribution < 1.29 is 4.79 Å². The lowest BCUT2D eigenvalue weighted by Gasteiger charge is -2.30. The third-order valence-corrected chi connectivity index (χ3v) is 4.39. The molecule has 1 saturated heterocycles. The average Bonchev–Trinajstić information content (AvgIpc) is 2.64. The van der Waals surface area contributed by atoms with Gasteiger partial charge in [-0.15, -0.1) is 0 Å². The normalized spacial score (nSPS) is 16.2. The molecular formula is C19H23N5O. The summed E-state index contributed by atoms with van der Waals surface area (Å²) in [7, 11) is 0. The summed E-state index contributed by atoms with van der Waals surface area (Å²) in [4.78, 5) is 18.4. The predicted octanol–water partition coefficient (Wildman–Crippen LogP) is 2.29. The van der Waals surface area contributed by atoms with Crippen LogP contribution in [-0.2, 0) is 6.54 Å². The van der Waals surface area contributed by atoms with E-state index in [0.29, 0.717) is 11.6 Å². The summed E-state index contributed by atoms with van der Waals surface area (Å²) in [5.74, 6) is 0.00395.